The zero-order chi connectivity index (χ0) is 19.3. The van der Waals surface area contributed by atoms with Gasteiger partial charge in [-0.25, -0.2) is 4.39 Å². The molecular formula is C22H15FN4S. The van der Waals surface area contributed by atoms with Crippen molar-refractivity contribution in [1.82, 2.24) is 14.8 Å². The molecule has 1 heterocycles. The van der Waals surface area contributed by atoms with Crippen molar-refractivity contribution in [3.05, 3.63) is 95.8 Å². The standard InChI is InChI=1S/C22H15FN4S/c23-19-10-12-20(13-11-19)27-21(18-4-2-1-3-5-18)25-26-22(27)28-15-17-8-6-16(14-24)7-9-17/h1-13H,15H2. The molecule has 0 spiro atoms. The highest BCUT2D eigenvalue weighted by molar-refractivity contribution is 7.98. The van der Waals surface area contributed by atoms with Gasteiger partial charge in [0.2, 0.25) is 0 Å². The minimum Gasteiger partial charge on any atom is -0.270 e. The number of nitrogens with zero attached hydrogens (tertiary/aromatic N) is 4. The van der Waals surface area contributed by atoms with Crippen LogP contribution in [0.3, 0.4) is 0 Å². The van der Waals surface area contributed by atoms with Gasteiger partial charge in [-0.2, -0.15) is 5.26 Å². The summed E-state index contributed by atoms with van der Waals surface area (Å²) in [5, 5.41) is 18.4. The highest BCUT2D eigenvalue weighted by atomic mass is 32.2. The van der Waals surface area contributed by atoms with E-state index in [4.69, 9.17) is 5.26 Å². The van der Waals surface area contributed by atoms with Gasteiger partial charge in [-0.15, -0.1) is 10.2 Å². The lowest BCUT2D eigenvalue weighted by atomic mass is 10.2. The summed E-state index contributed by atoms with van der Waals surface area (Å²) in [6.45, 7) is 0. The number of hydrogen-bond acceptors (Lipinski definition) is 4. The number of nitriles is 1. The second-order valence-electron chi connectivity index (χ2n) is 6.08. The van der Waals surface area contributed by atoms with Crippen LogP contribution in [-0.2, 0) is 5.75 Å². The Morgan fingerprint density at radius 3 is 2.29 bits per heavy atom. The predicted octanol–water partition coefficient (Wildman–Crippen LogP) is 5.24. The van der Waals surface area contributed by atoms with E-state index >= 15 is 0 Å². The van der Waals surface area contributed by atoms with Crippen LogP contribution in [0.1, 0.15) is 11.1 Å². The number of thioether (sulfide) groups is 1. The van der Waals surface area contributed by atoms with Gasteiger partial charge < -0.3 is 0 Å². The van der Waals surface area contributed by atoms with Crippen LogP contribution in [0.2, 0.25) is 0 Å². The molecule has 0 unspecified atom stereocenters. The number of aromatic nitrogens is 3. The fraction of sp³-hybridized carbons (Fsp3) is 0.0455. The topological polar surface area (TPSA) is 54.5 Å². The molecule has 0 N–H and O–H groups in total. The molecule has 0 amide bonds. The first-order valence-electron chi connectivity index (χ1n) is 8.63. The van der Waals surface area contributed by atoms with Crippen molar-refractivity contribution in [1.29, 1.82) is 5.26 Å². The summed E-state index contributed by atoms with van der Waals surface area (Å²) < 4.78 is 15.3. The van der Waals surface area contributed by atoms with Gasteiger partial charge in [0, 0.05) is 17.0 Å². The van der Waals surface area contributed by atoms with E-state index in [9.17, 15) is 4.39 Å². The molecule has 136 valence electrons. The van der Waals surface area contributed by atoms with Gasteiger partial charge in [-0.3, -0.25) is 4.57 Å². The van der Waals surface area contributed by atoms with E-state index in [0.717, 1.165) is 22.0 Å². The average Bonchev–Trinajstić information content (AvgIpc) is 3.18. The number of rotatable bonds is 5. The first kappa shape index (κ1) is 18.0. The molecule has 4 nitrogen and oxygen atoms in total. The normalized spacial score (nSPS) is 10.6. The second-order valence-corrected chi connectivity index (χ2v) is 7.02. The lowest BCUT2D eigenvalue weighted by Gasteiger charge is -2.10. The second kappa shape index (κ2) is 8.07. The smallest absolute Gasteiger partial charge is 0.196 e. The number of benzene rings is 3. The van der Waals surface area contributed by atoms with Crippen LogP contribution in [0.5, 0.6) is 0 Å². The molecule has 0 radical (unpaired) electrons. The average molecular weight is 386 g/mol. The zero-order valence-corrected chi connectivity index (χ0v) is 15.6. The third-order valence-corrected chi connectivity index (χ3v) is 5.20. The Hall–Kier alpha value is -3.43. The Morgan fingerprint density at radius 2 is 1.61 bits per heavy atom. The van der Waals surface area contributed by atoms with E-state index in [2.05, 4.69) is 16.3 Å². The maximum atomic E-state index is 13.4. The van der Waals surface area contributed by atoms with Crippen molar-refractivity contribution in [3.8, 4) is 23.1 Å². The maximum absolute atomic E-state index is 13.4. The molecule has 3 aromatic carbocycles. The van der Waals surface area contributed by atoms with Crippen LogP contribution in [0.25, 0.3) is 17.1 Å². The minimum atomic E-state index is -0.287. The molecule has 0 aliphatic heterocycles. The van der Waals surface area contributed by atoms with E-state index in [1.165, 1.54) is 12.1 Å². The number of hydrogen-bond donors (Lipinski definition) is 0. The highest BCUT2D eigenvalue weighted by Gasteiger charge is 2.16. The highest BCUT2D eigenvalue weighted by Crippen LogP contribution is 2.29. The van der Waals surface area contributed by atoms with Crippen LogP contribution in [0, 0.1) is 17.1 Å². The van der Waals surface area contributed by atoms with Crippen LogP contribution in [-0.4, -0.2) is 14.8 Å². The van der Waals surface area contributed by atoms with E-state index in [1.54, 1.807) is 36.0 Å². The molecule has 0 saturated carbocycles. The van der Waals surface area contributed by atoms with Crippen molar-refractivity contribution in [2.75, 3.05) is 0 Å². The molecule has 6 heteroatoms. The lowest BCUT2D eigenvalue weighted by molar-refractivity contribution is 0.627. The Balaban J connectivity index is 1.69. The largest absolute Gasteiger partial charge is 0.270 e. The summed E-state index contributed by atoms with van der Waals surface area (Å²) in [4.78, 5) is 0. The molecule has 0 bridgehead atoms. The maximum Gasteiger partial charge on any atom is 0.196 e. The third-order valence-electron chi connectivity index (χ3n) is 4.20. The molecule has 0 fully saturated rings. The Bertz CT molecular complexity index is 1110. The first-order chi connectivity index (χ1) is 13.7. The van der Waals surface area contributed by atoms with Crippen molar-refractivity contribution < 1.29 is 4.39 Å². The van der Waals surface area contributed by atoms with E-state index < -0.39 is 0 Å². The lowest BCUT2D eigenvalue weighted by Crippen LogP contribution is -2.00. The summed E-state index contributed by atoms with van der Waals surface area (Å²) >= 11 is 1.54. The Morgan fingerprint density at radius 1 is 0.893 bits per heavy atom. The molecule has 0 saturated heterocycles. The number of halogens is 1. The SMILES string of the molecule is N#Cc1ccc(CSc2nnc(-c3ccccc3)n2-c2ccc(F)cc2)cc1. The van der Waals surface area contributed by atoms with Crippen molar-refractivity contribution in [2.45, 2.75) is 10.9 Å². The van der Waals surface area contributed by atoms with Crippen LogP contribution in [0.15, 0.2) is 84.0 Å². The predicted molar refractivity (Wildman–Crippen MR) is 107 cm³/mol. The quantitative estimate of drug-likeness (QED) is 0.440. The summed E-state index contributed by atoms with van der Waals surface area (Å²) in [7, 11) is 0. The molecule has 4 rings (SSSR count). The molecule has 1 aromatic heterocycles. The van der Waals surface area contributed by atoms with Crippen LogP contribution < -0.4 is 0 Å². The summed E-state index contributed by atoms with van der Waals surface area (Å²) in [6, 6.07) is 25.7. The molecule has 4 aromatic rings. The summed E-state index contributed by atoms with van der Waals surface area (Å²) in [6.07, 6.45) is 0. The van der Waals surface area contributed by atoms with Gasteiger partial charge >= 0.3 is 0 Å². The van der Waals surface area contributed by atoms with E-state index in [1.807, 2.05) is 47.0 Å². The monoisotopic (exact) mass is 386 g/mol. The van der Waals surface area contributed by atoms with E-state index in [0.29, 0.717) is 17.1 Å². The molecule has 0 atom stereocenters. The Kier molecular flexibility index (Phi) is 5.18. The van der Waals surface area contributed by atoms with Crippen molar-refractivity contribution in [2.24, 2.45) is 0 Å². The summed E-state index contributed by atoms with van der Waals surface area (Å²) in [5.74, 6) is 1.10. The molecule has 0 aliphatic carbocycles. The van der Waals surface area contributed by atoms with Gasteiger partial charge in [0.1, 0.15) is 5.82 Å². The van der Waals surface area contributed by atoms with Crippen LogP contribution >= 0.6 is 11.8 Å². The van der Waals surface area contributed by atoms with Gasteiger partial charge in [0.25, 0.3) is 0 Å². The fourth-order valence-corrected chi connectivity index (χ4v) is 3.69. The van der Waals surface area contributed by atoms with Gasteiger partial charge in [-0.05, 0) is 42.0 Å². The van der Waals surface area contributed by atoms with Crippen LogP contribution in [0.4, 0.5) is 4.39 Å². The van der Waals surface area contributed by atoms with Crippen molar-refractivity contribution >= 4 is 11.8 Å². The summed E-state index contributed by atoms with van der Waals surface area (Å²) in [5.41, 5.74) is 3.45. The third kappa shape index (κ3) is 3.80. The zero-order valence-electron chi connectivity index (χ0n) is 14.8. The van der Waals surface area contributed by atoms with Gasteiger partial charge in [0.15, 0.2) is 11.0 Å². The molecule has 0 aliphatic rings. The molecular weight excluding hydrogens is 371 g/mol. The van der Waals surface area contributed by atoms with Gasteiger partial charge in [-0.1, -0.05) is 54.2 Å². The van der Waals surface area contributed by atoms with Crippen molar-refractivity contribution in [3.63, 3.8) is 0 Å². The Labute approximate surface area is 166 Å². The van der Waals surface area contributed by atoms with Gasteiger partial charge in [0.05, 0.1) is 11.6 Å². The first-order valence-corrected chi connectivity index (χ1v) is 9.62. The molecule has 28 heavy (non-hydrogen) atoms. The fourth-order valence-electron chi connectivity index (χ4n) is 2.78. The van der Waals surface area contributed by atoms with E-state index in [-0.39, 0.29) is 5.82 Å². The minimum absolute atomic E-state index is 0.287.